The Balaban J connectivity index is 2.11. The zero-order valence-corrected chi connectivity index (χ0v) is 11.4. The average molecular weight is 240 g/mol. The molecule has 0 amide bonds. The van der Waals surface area contributed by atoms with E-state index in [1.165, 1.54) is 43.4 Å². The normalized spacial score (nSPS) is 12.9. The summed E-state index contributed by atoms with van der Waals surface area (Å²) in [6.45, 7) is 4.30. The minimum Gasteiger partial charge on any atom is -0.323 e. The molecule has 1 heterocycles. The topological polar surface area (TPSA) is 38.9 Å². The van der Waals surface area contributed by atoms with Crippen LogP contribution in [0.5, 0.6) is 0 Å². The van der Waals surface area contributed by atoms with Crippen LogP contribution in [0.3, 0.4) is 0 Å². The Morgan fingerprint density at radius 1 is 1.25 bits per heavy atom. The van der Waals surface area contributed by atoms with Gasteiger partial charge in [0.15, 0.2) is 0 Å². The second kappa shape index (κ2) is 7.80. The quantitative estimate of drug-likeness (QED) is 0.692. The predicted octanol–water partition coefficient (Wildman–Crippen LogP) is 4.20. The van der Waals surface area contributed by atoms with Crippen molar-refractivity contribution in [2.45, 2.75) is 64.8 Å². The zero-order chi connectivity index (χ0) is 11.8. The molecule has 0 aliphatic carbocycles. The second-order valence-electron chi connectivity index (χ2n) is 4.46. The fourth-order valence-electron chi connectivity index (χ4n) is 1.94. The van der Waals surface area contributed by atoms with Crippen molar-refractivity contribution < 1.29 is 0 Å². The summed E-state index contributed by atoms with van der Waals surface area (Å²) in [6, 6.07) is 0.207. The molecule has 0 aliphatic rings. The van der Waals surface area contributed by atoms with Crippen molar-refractivity contribution >= 4 is 11.3 Å². The molecule has 1 aromatic rings. The molecule has 1 atom stereocenters. The van der Waals surface area contributed by atoms with Gasteiger partial charge >= 0.3 is 0 Å². The highest BCUT2D eigenvalue weighted by Crippen LogP contribution is 2.24. The summed E-state index contributed by atoms with van der Waals surface area (Å²) in [5, 5.41) is 0. The van der Waals surface area contributed by atoms with Crippen LogP contribution in [0.15, 0.2) is 5.51 Å². The van der Waals surface area contributed by atoms with E-state index in [-0.39, 0.29) is 6.04 Å². The number of aromatic nitrogens is 1. The van der Waals surface area contributed by atoms with Crippen LogP contribution in [0.1, 0.15) is 68.5 Å². The maximum absolute atomic E-state index is 6.15. The Hall–Kier alpha value is -0.410. The fourth-order valence-corrected chi connectivity index (χ4v) is 2.78. The molecule has 92 valence electrons. The van der Waals surface area contributed by atoms with Gasteiger partial charge in [-0.05, 0) is 13.3 Å². The molecule has 0 saturated heterocycles. The van der Waals surface area contributed by atoms with Gasteiger partial charge < -0.3 is 5.73 Å². The van der Waals surface area contributed by atoms with Gasteiger partial charge in [-0.1, -0.05) is 45.4 Å². The Bertz CT molecular complexity index is 283. The molecule has 0 saturated carbocycles. The van der Waals surface area contributed by atoms with E-state index in [2.05, 4.69) is 11.9 Å². The van der Waals surface area contributed by atoms with Crippen LogP contribution < -0.4 is 5.73 Å². The van der Waals surface area contributed by atoms with Crippen LogP contribution in [0.4, 0.5) is 0 Å². The Morgan fingerprint density at radius 2 is 1.94 bits per heavy atom. The summed E-state index contributed by atoms with van der Waals surface area (Å²) in [5.41, 5.74) is 9.16. The minimum absolute atomic E-state index is 0.207. The predicted molar refractivity (Wildman–Crippen MR) is 71.8 cm³/mol. The van der Waals surface area contributed by atoms with Crippen LogP contribution in [0, 0.1) is 6.92 Å². The molecule has 0 bridgehead atoms. The minimum atomic E-state index is 0.207. The number of hydrogen-bond donors (Lipinski definition) is 1. The third-order valence-electron chi connectivity index (χ3n) is 2.99. The van der Waals surface area contributed by atoms with E-state index < -0.39 is 0 Å². The lowest BCUT2D eigenvalue weighted by molar-refractivity contribution is 0.549. The number of nitrogens with zero attached hydrogens (tertiary/aromatic N) is 1. The van der Waals surface area contributed by atoms with Crippen molar-refractivity contribution in [1.29, 1.82) is 0 Å². The smallest absolute Gasteiger partial charge is 0.0798 e. The number of hydrogen-bond acceptors (Lipinski definition) is 3. The summed E-state index contributed by atoms with van der Waals surface area (Å²) < 4.78 is 0. The van der Waals surface area contributed by atoms with Crippen molar-refractivity contribution in [3.05, 3.63) is 16.1 Å². The number of rotatable bonds is 8. The molecule has 0 radical (unpaired) electrons. The van der Waals surface area contributed by atoms with Crippen molar-refractivity contribution in [2.24, 2.45) is 5.73 Å². The molecule has 1 unspecified atom stereocenters. The second-order valence-corrected chi connectivity index (χ2v) is 5.35. The lowest BCUT2D eigenvalue weighted by Gasteiger charge is -2.09. The Labute approximate surface area is 103 Å². The molecule has 0 aliphatic heterocycles. The number of nitrogens with two attached hydrogens (primary N) is 1. The summed E-state index contributed by atoms with van der Waals surface area (Å²) in [4.78, 5) is 5.52. The largest absolute Gasteiger partial charge is 0.323 e. The maximum Gasteiger partial charge on any atom is 0.0798 e. The van der Waals surface area contributed by atoms with Gasteiger partial charge in [0.05, 0.1) is 11.2 Å². The van der Waals surface area contributed by atoms with E-state index in [1.807, 2.05) is 12.4 Å². The average Bonchev–Trinajstić information content (AvgIpc) is 2.69. The standard InChI is InChI=1S/C13H24N2S/c1-3-4-5-6-7-8-9-12(14)13-11(2)15-10-16-13/h10,12H,3-9,14H2,1-2H3. The lowest BCUT2D eigenvalue weighted by atomic mass is 10.0. The molecular formula is C13H24N2S. The van der Waals surface area contributed by atoms with Crippen LogP contribution in [-0.2, 0) is 0 Å². The fraction of sp³-hybridized carbons (Fsp3) is 0.769. The van der Waals surface area contributed by atoms with E-state index in [1.54, 1.807) is 11.3 Å². The highest BCUT2D eigenvalue weighted by molar-refractivity contribution is 7.09. The summed E-state index contributed by atoms with van der Waals surface area (Å²) in [7, 11) is 0. The van der Waals surface area contributed by atoms with Gasteiger partial charge in [0.1, 0.15) is 0 Å². The third kappa shape index (κ3) is 4.62. The number of unbranched alkanes of at least 4 members (excludes halogenated alkanes) is 5. The Morgan fingerprint density at radius 3 is 2.56 bits per heavy atom. The SMILES string of the molecule is CCCCCCCCC(N)c1scnc1C. The first-order chi connectivity index (χ1) is 7.75. The molecule has 1 rings (SSSR count). The van der Waals surface area contributed by atoms with Crippen molar-refractivity contribution in [1.82, 2.24) is 4.98 Å². The number of thiazole rings is 1. The molecule has 3 heteroatoms. The molecule has 2 nitrogen and oxygen atoms in total. The van der Waals surface area contributed by atoms with Gasteiger partial charge in [0.2, 0.25) is 0 Å². The first kappa shape index (κ1) is 13.7. The molecule has 2 N–H and O–H groups in total. The Kier molecular flexibility index (Phi) is 6.65. The van der Waals surface area contributed by atoms with Gasteiger partial charge in [0, 0.05) is 10.9 Å². The molecule has 0 fully saturated rings. The summed E-state index contributed by atoms with van der Waals surface area (Å²) in [5.74, 6) is 0. The van der Waals surface area contributed by atoms with E-state index in [0.717, 1.165) is 12.1 Å². The van der Waals surface area contributed by atoms with Crippen LogP contribution in [-0.4, -0.2) is 4.98 Å². The highest BCUT2D eigenvalue weighted by atomic mass is 32.1. The maximum atomic E-state index is 6.15. The van der Waals surface area contributed by atoms with E-state index >= 15 is 0 Å². The third-order valence-corrected chi connectivity index (χ3v) is 4.05. The van der Waals surface area contributed by atoms with Gasteiger partial charge in [0.25, 0.3) is 0 Å². The molecule has 0 spiro atoms. The van der Waals surface area contributed by atoms with Gasteiger partial charge in [-0.25, -0.2) is 4.98 Å². The van der Waals surface area contributed by atoms with Crippen LogP contribution in [0.2, 0.25) is 0 Å². The van der Waals surface area contributed by atoms with Gasteiger partial charge in [-0.3, -0.25) is 0 Å². The van der Waals surface area contributed by atoms with E-state index in [0.29, 0.717) is 0 Å². The monoisotopic (exact) mass is 240 g/mol. The zero-order valence-electron chi connectivity index (χ0n) is 10.5. The highest BCUT2D eigenvalue weighted by Gasteiger charge is 2.10. The van der Waals surface area contributed by atoms with E-state index in [9.17, 15) is 0 Å². The number of aryl methyl sites for hydroxylation is 1. The van der Waals surface area contributed by atoms with Crippen molar-refractivity contribution in [3.63, 3.8) is 0 Å². The summed E-state index contributed by atoms with van der Waals surface area (Å²) in [6.07, 6.45) is 9.12. The first-order valence-electron chi connectivity index (χ1n) is 6.41. The molecule has 16 heavy (non-hydrogen) atoms. The van der Waals surface area contributed by atoms with E-state index in [4.69, 9.17) is 5.73 Å². The molecule has 1 aromatic heterocycles. The van der Waals surface area contributed by atoms with Crippen LogP contribution >= 0.6 is 11.3 Å². The van der Waals surface area contributed by atoms with Gasteiger partial charge in [-0.15, -0.1) is 11.3 Å². The van der Waals surface area contributed by atoms with Crippen molar-refractivity contribution in [2.75, 3.05) is 0 Å². The van der Waals surface area contributed by atoms with Crippen LogP contribution in [0.25, 0.3) is 0 Å². The molecular weight excluding hydrogens is 216 g/mol. The van der Waals surface area contributed by atoms with Crippen molar-refractivity contribution in [3.8, 4) is 0 Å². The molecule has 0 aromatic carbocycles. The van der Waals surface area contributed by atoms with Gasteiger partial charge in [-0.2, -0.15) is 0 Å². The lowest BCUT2D eigenvalue weighted by Crippen LogP contribution is -2.09. The first-order valence-corrected chi connectivity index (χ1v) is 7.29. The summed E-state index contributed by atoms with van der Waals surface area (Å²) >= 11 is 1.69.